The van der Waals surface area contributed by atoms with Crippen molar-refractivity contribution in [1.29, 1.82) is 0 Å². The van der Waals surface area contributed by atoms with Gasteiger partial charge in [-0.05, 0) is 60.4 Å². The Bertz CT molecular complexity index is 910. The Labute approximate surface area is 157 Å². The van der Waals surface area contributed by atoms with Crippen LogP contribution in [0.25, 0.3) is 22.8 Å². The molecule has 3 rings (SSSR count). The van der Waals surface area contributed by atoms with Crippen LogP contribution in [0.4, 0.5) is 4.39 Å². The molecule has 5 nitrogen and oxygen atoms in total. The lowest BCUT2D eigenvalue weighted by Crippen LogP contribution is -2.27. The molecule has 0 aliphatic rings. The first-order chi connectivity index (χ1) is 12.8. The van der Waals surface area contributed by atoms with Gasteiger partial charge in [-0.1, -0.05) is 25.9 Å². The number of nitrogens with one attached hydrogen (secondary N) is 1. The van der Waals surface area contributed by atoms with Crippen LogP contribution in [0, 0.1) is 11.2 Å². The molecule has 1 aromatic heterocycles. The van der Waals surface area contributed by atoms with Gasteiger partial charge in [-0.25, -0.2) is 4.39 Å². The lowest BCUT2D eigenvalue weighted by atomic mass is 9.92. The fourth-order valence-electron chi connectivity index (χ4n) is 2.47. The summed E-state index contributed by atoms with van der Waals surface area (Å²) >= 11 is 0. The highest BCUT2D eigenvalue weighted by Gasteiger charge is 2.13. The number of amides is 1. The zero-order valence-electron chi connectivity index (χ0n) is 15.6. The van der Waals surface area contributed by atoms with Gasteiger partial charge in [-0.15, -0.1) is 0 Å². The van der Waals surface area contributed by atoms with Crippen LogP contribution in [0.5, 0.6) is 0 Å². The Morgan fingerprint density at radius 3 is 2.30 bits per heavy atom. The molecule has 1 N–H and O–H groups in total. The molecule has 3 aromatic rings. The van der Waals surface area contributed by atoms with Crippen molar-refractivity contribution in [1.82, 2.24) is 15.5 Å². The standard InChI is InChI=1S/C21H22FN3O2/c1-21(2,3)12-13-23-19(26)15-4-6-16(7-5-15)20-24-18(25-27-20)14-8-10-17(22)11-9-14/h4-11H,12-13H2,1-3H3,(H,23,26). The summed E-state index contributed by atoms with van der Waals surface area (Å²) in [5.41, 5.74) is 2.13. The fraction of sp³-hybridized carbons (Fsp3) is 0.286. The lowest BCUT2D eigenvalue weighted by Gasteiger charge is -2.18. The van der Waals surface area contributed by atoms with Crippen LogP contribution in [0.1, 0.15) is 37.6 Å². The molecule has 27 heavy (non-hydrogen) atoms. The van der Waals surface area contributed by atoms with E-state index in [-0.39, 0.29) is 17.1 Å². The summed E-state index contributed by atoms with van der Waals surface area (Å²) in [6, 6.07) is 12.9. The Morgan fingerprint density at radius 2 is 1.67 bits per heavy atom. The van der Waals surface area contributed by atoms with E-state index in [1.807, 2.05) is 0 Å². The molecule has 0 fully saturated rings. The Balaban J connectivity index is 1.67. The van der Waals surface area contributed by atoms with Crippen LogP contribution in [-0.4, -0.2) is 22.6 Å². The van der Waals surface area contributed by atoms with Gasteiger partial charge in [0.15, 0.2) is 0 Å². The van der Waals surface area contributed by atoms with Crippen LogP contribution in [-0.2, 0) is 0 Å². The summed E-state index contributed by atoms with van der Waals surface area (Å²) in [7, 11) is 0. The first-order valence-electron chi connectivity index (χ1n) is 8.80. The molecule has 0 atom stereocenters. The first kappa shape index (κ1) is 18.8. The number of hydrogen-bond acceptors (Lipinski definition) is 4. The third-order valence-corrected chi connectivity index (χ3v) is 4.08. The smallest absolute Gasteiger partial charge is 0.258 e. The number of halogens is 1. The number of carbonyl (C=O) groups is 1. The lowest BCUT2D eigenvalue weighted by molar-refractivity contribution is 0.0949. The van der Waals surface area contributed by atoms with E-state index >= 15 is 0 Å². The second-order valence-corrected chi connectivity index (χ2v) is 7.57. The van der Waals surface area contributed by atoms with Crippen molar-refractivity contribution in [2.75, 3.05) is 6.54 Å². The molecule has 1 heterocycles. The Hall–Kier alpha value is -3.02. The van der Waals surface area contributed by atoms with Gasteiger partial charge in [0, 0.05) is 23.2 Å². The third kappa shape index (κ3) is 5.00. The number of hydrogen-bond donors (Lipinski definition) is 1. The molecule has 0 unspecified atom stereocenters. The molecule has 0 radical (unpaired) electrons. The average molecular weight is 367 g/mol. The molecule has 6 heteroatoms. The minimum atomic E-state index is -0.321. The van der Waals surface area contributed by atoms with Crippen molar-refractivity contribution in [3.63, 3.8) is 0 Å². The average Bonchev–Trinajstić information content (AvgIpc) is 3.11. The summed E-state index contributed by atoms with van der Waals surface area (Å²) in [5, 5.41) is 6.85. The Morgan fingerprint density at radius 1 is 1.04 bits per heavy atom. The maximum Gasteiger partial charge on any atom is 0.258 e. The molecular weight excluding hydrogens is 345 g/mol. The Kier molecular flexibility index (Phi) is 5.35. The van der Waals surface area contributed by atoms with E-state index in [4.69, 9.17) is 4.52 Å². The minimum Gasteiger partial charge on any atom is -0.352 e. The zero-order chi connectivity index (χ0) is 19.4. The normalized spacial score (nSPS) is 11.4. The summed E-state index contributed by atoms with van der Waals surface area (Å²) in [6.45, 7) is 7.05. The molecule has 0 saturated carbocycles. The van der Waals surface area contributed by atoms with E-state index in [2.05, 4.69) is 36.2 Å². The highest BCUT2D eigenvalue weighted by molar-refractivity contribution is 5.94. The number of benzene rings is 2. The fourth-order valence-corrected chi connectivity index (χ4v) is 2.47. The van der Waals surface area contributed by atoms with Crippen LogP contribution in [0.3, 0.4) is 0 Å². The SMILES string of the molecule is CC(C)(C)CCNC(=O)c1ccc(-c2nc(-c3ccc(F)cc3)no2)cc1. The van der Waals surface area contributed by atoms with Gasteiger partial charge in [0.2, 0.25) is 5.82 Å². The molecule has 0 saturated heterocycles. The van der Waals surface area contributed by atoms with Crippen molar-refractivity contribution in [2.24, 2.45) is 5.41 Å². The number of nitrogens with zero attached hydrogens (tertiary/aromatic N) is 2. The van der Waals surface area contributed by atoms with Gasteiger partial charge in [0.05, 0.1) is 0 Å². The van der Waals surface area contributed by atoms with Crippen molar-refractivity contribution in [3.05, 3.63) is 59.9 Å². The maximum absolute atomic E-state index is 13.0. The van der Waals surface area contributed by atoms with Crippen LogP contribution >= 0.6 is 0 Å². The minimum absolute atomic E-state index is 0.108. The monoisotopic (exact) mass is 367 g/mol. The molecule has 2 aromatic carbocycles. The summed E-state index contributed by atoms with van der Waals surface area (Å²) in [6.07, 6.45) is 0.908. The van der Waals surface area contributed by atoms with Gasteiger partial charge in [-0.2, -0.15) is 4.98 Å². The van der Waals surface area contributed by atoms with Crippen LogP contribution < -0.4 is 5.32 Å². The molecule has 0 aliphatic heterocycles. The van der Waals surface area contributed by atoms with E-state index < -0.39 is 0 Å². The van der Waals surface area contributed by atoms with E-state index in [1.54, 1.807) is 36.4 Å². The number of aromatic nitrogens is 2. The predicted molar refractivity (Wildman–Crippen MR) is 102 cm³/mol. The second kappa shape index (κ2) is 7.70. The van der Waals surface area contributed by atoms with Gasteiger partial charge >= 0.3 is 0 Å². The summed E-state index contributed by atoms with van der Waals surface area (Å²) < 4.78 is 18.3. The zero-order valence-corrected chi connectivity index (χ0v) is 15.6. The van der Waals surface area contributed by atoms with E-state index in [0.717, 1.165) is 6.42 Å². The maximum atomic E-state index is 13.0. The highest BCUT2D eigenvalue weighted by Crippen LogP contribution is 2.23. The molecule has 0 spiro atoms. The molecule has 0 bridgehead atoms. The van der Waals surface area contributed by atoms with Gasteiger partial charge in [0.25, 0.3) is 11.8 Å². The second-order valence-electron chi connectivity index (χ2n) is 7.57. The first-order valence-corrected chi connectivity index (χ1v) is 8.80. The van der Waals surface area contributed by atoms with Crippen molar-refractivity contribution < 1.29 is 13.7 Å². The van der Waals surface area contributed by atoms with Crippen molar-refractivity contribution in [3.8, 4) is 22.8 Å². The molecule has 140 valence electrons. The number of rotatable bonds is 5. The summed E-state index contributed by atoms with van der Waals surface area (Å²) in [4.78, 5) is 16.5. The predicted octanol–water partition coefficient (Wildman–Crippen LogP) is 4.71. The van der Waals surface area contributed by atoms with E-state index in [0.29, 0.717) is 35.0 Å². The van der Waals surface area contributed by atoms with Crippen molar-refractivity contribution >= 4 is 5.91 Å². The largest absolute Gasteiger partial charge is 0.352 e. The van der Waals surface area contributed by atoms with Crippen LogP contribution in [0.15, 0.2) is 53.1 Å². The van der Waals surface area contributed by atoms with Crippen LogP contribution in [0.2, 0.25) is 0 Å². The van der Waals surface area contributed by atoms with Gasteiger partial charge in [-0.3, -0.25) is 4.79 Å². The molecule has 1 amide bonds. The number of carbonyl (C=O) groups excluding carboxylic acids is 1. The third-order valence-electron chi connectivity index (χ3n) is 4.08. The van der Waals surface area contributed by atoms with Gasteiger partial charge < -0.3 is 9.84 Å². The highest BCUT2D eigenvalue weighted by atomic mass is 19.1. The van der Waals surface area contributed by atoms with E-state index in [1.165, 1.54) is 12.1 Å². The quantitative estimate of drug-likeness (QED) is 0.709. The molecular formula is C21H22FN3O2. The van der Waals surface area contributed by atoms with Crippen molar-refractivity contribution in [2.45, 2.75) is 27.2 Å². The topological polar surface area (TPSA) is 68.0 Å². The van der Waals surface area contributed by atoms with Gasteiger partial charge in [0.1, 0.15) is 5.82 Å². The van der Waals surface area contributed by atoms with E-state index in [9.17, 15) is 9.18 Å². The molecule has 0 aliphatic carbocycles. The summed E-state index contributed by atoms with van der Waals surface area (Å²) in [5.74, 6) is 0.296.